The summed E-state index contributed by atoms with van der Waals surface area (Å²) < 4.78 is 40.4. The Bertz CT molecular complexity index is 611. The van der Waals surface area contributed by atoms with Crippen LogP contribution in [0.1, 0.15) is 43.0 Å². The summed E-state index contributed by atoms with van der Waals surface area (Å²) >= 11 is 0. The smallest absolute Gasteiger partial charge is 0.239 e. The van der Waals surface area contributed by atoms with Gasteiger partial charge in [0.2, 0.25) is 5.91 Å². The molecule has 1 fully saturated rings. The maximum atomic E-state index is 13.7. The van der Waals surface area contributed by atoms with Gasteiger partial charge in [0.1, 0.15) is 17.5 Å². The van der Waals surface area contributed by atoms with Crippen molar-refractivity contribution in [2.75, 3.05) is 13.1 Å². The molecule has 0 bridgehead atoms. The summed E-state index contributed by atoms with van der Waals surface area (Å²) in [5, 5.41) is 0. The van der Waals surface area contributed by atoms with Gasteiger partial charge in [-0.1, -0.05) is 13.3 Å². The molecule has 140 valence electrons. The topological polar surface area (TPSA) is 63.4 Å². The van der Waals surface area contributed by atoms with Crippen molar-refractivity contribution >= 4 is 24.1 Å². The van der Waals surface area contributed by atoms with Crippen molar-refractivity contribution in [1.82, 2.24) is 4.90 Å². The van der Waals surface area contributed by atoms with Crippen LogP contribution in [0.2, 0.25) is 0 Å². The Morgan fingerprint density at radius 1 is 1.20 bits per heavy atom. The zero-order valence-corrected chi connectivity index (χ0v) is 14.8. The summed E-state index contributed by atoms with van der Waals surface area (Å²) in [6.07, 6.45) is 1.99. The molecule has 1 amide bonds. The van der Waals surface area contributed by atoms with Gasteiger partial charge >= 0.3 is 0 Å². The minimum absolute atomic E-state index is 0. The number of likely N-dealkylation sites (tertiary alicyclic amines) is 1. The number of amides is 1. The minimum Gasteiger partial charge on any atom is -0.341 e. The van der Waals surface area contributed by atoms with Gasteiger partial charge in [-0.05, 0) is 19.3 Å². The predicted molar refractivity (Wildman–Crippen MR) is 90.1 cm³/mol. The van der Waals surface area contributed by atoms with Crippen LogP contribution in [0.25, 0.3) is 0 Å². The molecule has 2 N–H and O–H groups in total. The van der Waals surface area contributed by atoms with Crippen LogP contribution in [0.15, 0.2) is 12.1 Å². The van der Waals surface area contributed by atoms with Gasteiger partial charge in [0.15, 0.2) is 5.78 Å². The van der Waals surface area contributed by atoms with E-state index in [1.54, 1.807) is 4.90 Å². The summed E-state index contributed by atoms with van der Waals surface area (Å²) in [7, 11) is 0. The average Bonchev–Trinajstić information content (AvgIpc) is 2.53. The molecule has 0 aliphatic carbocycles. The Labute approximate surface area is 151 Å². The Morgan fingerprint density at radius 3 is 2.20 bits per heavy atom. The first-order valence-corrected chi connectivity index (χ1v) is 8.08. The molecule has 1 aliphatic heterocycles. The minimum atomic E-state index is -1.19. The first-order valence-electron chi connectivity index (χ1n) is 8.08. The second kappa shape index (κ2) is 9.20. The first kappa shape index (κ1) is 21.4. The van der Waals surface area contributed by atoms with Crippen LogP contribution < -0.4 is 5.73 Å². The quantitative estimate of drug-likeness (QED) is 0.801. The standard InChI is InChI=1S/C17H21F3N2O2.ClH/c1-2-3-14(21)17(24)22-6-4-10(5-7-22)16(23)15-12(19)8-11(18)9-13(15)20;/h8-10,14H,2-7,21H2,1H3;1H. The van der Waals surface area contributed by atoms with E-state index in [4.69, 9.17) is 5.73 Å². The van der Waals surface area contributed by atoms with E-state index >= 15 is 0 Å². The number of carbonyl (C=O) groups excluding carboxylic acids is 2. The molecule has 0 spiro atoms. The van der Waals surface area contributed by atoms with Gasteiger partial charge in [0.05, 0.1) is 11.6 Å². The molecule has 1 heterocycles. The van der Waals surface area contributed by atoms with Crippen LogP contribution in [0.5, 0.6) is 0 Å². The molecule has 0 saturated carbocycles. The van der Waals surface area contributed by atoms with Crippen molar-refractivity contribution in [3.05, 3.63) is 35.1 Å². The van der Waals surface area contributed by atoms with Gasteiger partial charge in [-0.3, -0.25) is 9.59 Å². The number of ketones is 1. The van der Waals surface area contributed by atoms with Gasteiger partial charge in [0, 0.05) is 31.1 Å². The Morgan fingerprint density at radius 2 is 1.72 bits per heavy atom. The van der Waals surface area contributed by atoms with E-state index in [2.05, 4.69) is 0 Å². The van der Waals surface area contributed by atoms with Gasteiger partial charge in [-0.15, -0.1) is 12.4 Å². The van der Waals surface area contributed by atoms with Crippen LogP contribution >= 0.6 is 12.4 Å². The fourth-order valence-corrected chi connectivity index (χ4v) is 3.01. The second-order valence-electron chi connectivity index (χ2n) is 6.10. The normalized spacial score (nSPS) is 16.3. The lowest BCUT2D eigenvalue weighted by atomic mass is 9.88. The van der Waals surface area contributed by atoms with Gasteiger partial charge in [0.25, 0.3) is 0 Å². The summed E-state index contributed by atoms with van der Waals surface area (Å²) in [5.74, 6) is -4.89. The third-order valence-electron chi connectivity index (χ3n) is 4.35. The summed E-state index contributed by atoms with van der Waals surface area (Å²) in [6.45, 7) is 2.57. The van der Waals surface area contributed by atoms with Crippen molar-refractivity contribution < 1.29 is 22.8 Å². The fraction of sp³-hybridized carbons (Fsp3) is 0.529. The van der Waals surface area contributed by atoms with E-state index in [-0.39, 0.29) is 18.3 Å². The summed E-state index contributed by atoms with van der Waals surface area (Å²) in [6, 6.07) is 0.437. The highest BCUT2D eigenvalue weighted by Gasteiger charge is 2.32. The van der Waals surface area contributed by atoms with Crippen LogP contribution in [0.4, 0.5) is 13.2 Å². The van der Waals surface area contributed by atoms with Crippen molar-refractivity contribution in [1.29, 1.82) is 0 Å². The molecule has 8 heteroatoms. The molecule has 0 aromatic heterocycles. The molecular weight excluding hydrogens is 357 g/mol. The number of rotatable bonds is 5. The highest BCUT2D eigenvalue weighted by molar-refractivity contribution is 5.98. The number of hydrogen-bond acceptors (Lipinski definition) is 3. The average molecular weight is 379 g/mol. The molecule has 2 rings (SSSR count). The largest absolute Gasteiger partial charge is 0.341 e. The zero-order valence-electron chi connectivity index (χ0n) is 13.9. The molecule has 1 saturated heterocycles. The SMILES string of the molecule is CCCC(N)C(=O)N1CCC(C(=O)c2c(F)cc(F)cc2F)CC1.Cl. The van der Waals surface area contributed by atoms with Gasteiger partial charge < -0.3 is 10.6 Å². The Balaban J connectivity index is 0.00000312. The highest BCUT2D eigenvalue weighted by atomic mass is 35.5. The maximum absolute atomic E-state index is 13.7. The van der Waals surface area contributed by atoms with Gasteiger partial charge in [-0.2, -0.15) is 0 Å². The number of nitrogens with two attached hydrogens (primary N) is 1. The maximum Gasteiger partial charge on any atom is 0.239 e. The lowest BCUT2D eigenvalue weighted by Gasteiger charge is -2.33. The third kappa shape index (κ3) is 4.95. The van der Waals surface area contributed by atoms with E-state index in [1.165, 1.54) is 0 Å². The number of hydrogen-bond donors (Lipinski definition) is 1. The predicted octanol–water partition coefficient (Wildman–Crippen LogP) is 3.07. The van der Waals surface area contributed by atoms with Crippen LogP contribution in [0.3, 0.4) is 0 Å². The number of carbonyl (C=O) groups is 2. The second-order valence-corrected chi connectivity index (χ2v) is 6.10. The zero-order chi connectivity index (χ0) is 17.9. The molecule has 1 aromatic rings. The molecule has 1 unspecified atom stereocenters. The fourth-order valence-electron chi connectivity index (χ4n) is 3.01. The van der Waals surface area contributed by atoms with E-state index in [0.29, 0.717) is 44.5 Å². The third-order valence-corrected chi connectivity index (χ3v) is 4.35. The first-order chi connectivity index (χ1) is 11.3. The van der Waals surface area contributed by atoms with Crippen LogP contribution in [-0.4, -0.2) is 35.7 Å². The molecule has 1 aromatic carbocycles. The van der Waals surface area contributed by atoms with Crippen molar-refractivity contribution in [3.8, 4) is 0 Å². The van der Waals surface area contributed by atoms with E-state index in [9.17, 15) is 22.8 Å². The Kier molecular flexibility index (Phi) is 7.89. The number of halogens is 4. The van der Waals surface area contributed by atoms with Crippen molar-refractivity contribution in [2.45, 2.75) is 38.6 Å². The lowest BCUT2D eigenvalue weighted by Crippen LogP contribution is -2.47. The van der Waals surface area contributed by atoms with Crippen LogP contribution in [-0.2, 0) is 4.79 Å². The number of benzene rings is 1. The summed E-state index contributed by atoms with van der Waals surface area (Å²) in [4.78, 5) is 26.1. The number of Topliss-reactive ketones (excluding diaryl/α,β-unsaturated/α-hetero) is 1. The van der Waals surface area contributed by atoms with Crippen LogP contribution in [0, 0.1) is 23.4 Å². The molecular formula is C17H22ClF3N2O2. The molecule has 1 atom stereocenters. The molecule has 1 aliphatic rings. The highest BCUT2D eigenvalue weighted by Crippen LogP contribution is 2.25. The summed E-state index contributed by atoms with van der Waals surface area (Å²) in [5.41, 5.74) is 5.10. The van der Waals surface area contributed by atoms with Gasteiger partial charge in [-0.25, -0.2) is 13.2 Å². The number of piperidine rings is 1. The van der Waals surface area contributed by atoms with E-state index < -0.39 is 40.8 Å². The molecule has 0 radical (unpaired) electrons. The monoisotopic (exact) mass is 378 g/mol. The molecule has 4 nitrogen and oxygen atoms in total. The number of nitrogens with zero attached hydrogens (tertiary/aromatic N) is 1. The Hall–Kier alpha value is -1.60. The van der Waals surface area contributed by atoms with E-state index in [0.717, 1.165) is 6.42 Å². The molecule has 25 heavy (non-hydrogen) atoms. The van der Waals surface area contributed by atoms with Crippen molar-refractivity contribution in [3.63, 3.8) is 0 Å². The van der Waals surface area contributed by atoms with Crippen molar-refractivity contribution in [2.24, 2.45) is 11.7 Å². The lowest BCUT2D eigenvalue weighted by molar-refractivity contribution is -0.134. The van der Waals surface area contributed by atoms with E-state index in [1.807, 2.05) is 6.92 Å².